The van der Waals surface area contributed by atoms with Gasteiger partial charge in [-0.05, 0) is 49.6 Å². The van der Waals surface area contributed by atoms with E-state index in [1.165, 1.54) is 11.1 Å². The Morgan fingerprint density at radius 2 is 2.06 bits per heavy atom. The van der Waals surface area contributed by atoms with Crippen molar-refractivity contribution >= 4 is 5.91 Å². The monoisotopic (exact) mass is 451 g/mol. The van der Waals surface area contributed by atoms with Crippen LogP contribution in [0, 0.1) is 0 Å². The van der Waals surface area contributed by atoms with Crippen molar-refractivity contribution in [1.29, 1.82) is 0 Å². The van der Waals surface area contributed by atoms with Crippen molar-refractivity contribution in [3.8, 4) is 11.5 Å². The number of carbonyl (C=O) groups is 1. The molecule has 2 aromatic rings. The highest BCUT2D eigenvalue weighted by Crippen LogP contribution is 2.30. The Kier molecular flexibility index (Phi) is 6.53. The Morgan fingerprint density at radius 1 is 1.21 bits per heavy atom. The van der Waals surface area contributed by atoms with Gasteiger partial charge in [0, 0.05) is 38.8 Å². The van der Waals surface area contributed by atoms with E-state index >= 15 is 0 Å². The average Bonchev–Trinajstić information content (AvgIpc) is 3.27. The quantitative estimate of drug-likeness (QED) is 0.701. The Balaban J connectivity index is 1.23. The molecule has 0 aliphatic carbocycles. The second-order valence-electron chi connectivity index (χ2n) is 9.44. The number of β-amino-alcohol motifs (C(OH)–C–C–N with tert-alkyl or cyclic N) is 1. The Bertz CT molecular complexity index is 991. The lowest BCUT2D eigenvalue weighted by Crippen LogP contribution is -2.45. The minimum absolute atomic E-state index is 0.105. The highest BCUT2D eigenvalue weighted by Gasteiger charge is 2.30. The molecule has 3 heterocycles. The number of nitrogens with one attached hydrogen (secondary N) is 1. The first-order chi connectivity index (χ1) is 16.0. The van der Waals surface area contributed by atoms with E-state index in [4.69, 9.17) is 9.47 Å². The van der Waals surface area contributed by atoms with Crippen LogP contribution in [-0.2, 0) is 13.0 Å². The number of carbonyl (C=O) groups excluding carboxylic acids is 1. The Labute approximate surface area is 195 Å². The van der Waals surface area contributed by atoms with E-state index in [2.05, 4.69) is 34.5 Å². The van der Waals surface area contributed by atoms with Crippen molar-refractivity contribution in [2.24, 2.45) is 0 Å². The van der Waals surface area contributed by atoms with Crippen LogP contribution in [0.3, 0.4) is 0 Å². The zero-order valence-electron chi connectivity index (χ0n) is 19.2. The van der Waals surface area contributed by atoms with Crippen LogP contribution in [0.15, 0.2) is 42.5 Å². The number of aliphatic hydroxyl groups is 1. The summed E-state index contributed by atoms with van der Waals surface area (Å²) in [5.41, 5.74) is 3.24. The minimum Gasteiger partial charge on any atom is -0.489 e. The Morgan fingerprint density at radius 3 is 2.88 bits per heavy atom. The number of benzene rings is 2. The van der Waals surface area contributed by atoms with E-state index in [-0.39, 0.29) is 24.7 Å². The second kappa shape index (κ2) is 9.71. The average molecular weight is 452 g/mol. The summed E-state index contributed by atoms with van der Waals surface area (Å²) in [5.74, 6) is 1.17. The molecule has 0 saturated carbocycles. The van der Waals surface area contributed by atoms with E-state index in [9.17, 15) is 9.90 Å². The van der Waals surface area contributed by atoms with Crippen molar-refractivity contribution < 1.29 is 19.4 Å². The SMILES string of the molecule is C[C@@H]1CN(C[C@H](O)CN2CCc3ccccc3C2)C(=O)c2ccc(O[C@H]3CCNC3)cc2O1. The first-order valence-electron chi connectivity index (χ1n) is 12.0. The molecule has 2 N–H and O–H groups in total. The fraction of sp³-hybridized carbons (Fsp3) is 0.500. The molecule has 1 amide bonds. The molecule has 0 unspecified atom stereocenters. The normalized spacial score (nSPS) is 23.9. The van der Waals surface area contributed by atoms with Crippen molar-refractivity contribution in [1.82, 2.24) is 15.1 Å². The highest BCUT2D eigenvalue weighted by molar-refractivity contribution is 5.97. The predicted octanol–water partition coefficient (Wildman–Crippen LogP) is 2.07. The van der Waals surface area contributed by atoms with E-state index in [1.807, 2.05) is 19.1 Å². The molecule has 176 valence electrons. The van der Waals surface area contributed by atoms with Crippen LogP contribution in [0.2, 0.25) is 0 Å². The third-order valence-corrected chi connectivity index (χ3v) is 6.70. The van der Waals surface area contributed by atoms with Gasteiger partial charge in [-0.3, -0.25) is 9.69 Å². The van der Waals surface area contributed by atoms with Crippen LogP contribution < -0.4 is 14.8 Å². The summed E-state index contributed by atoms with van der Waals surface area (Å²) in [6.07, 6.45) is 1.32. The molecule has 1 saturated heterocycles. The molecule has 0 bridgehead atoms. The lowest BCUT2D eigenvalue weighted by atomic mass is 10.00. The van der Waals surface area contributed by atoms with Gasteiger partial charge >= 0.3 is 0 Å². The fourth-order valence-electron chi connectivity index (χ4n) is 5.07. The van der Waals surface area contributed by atoms with Crippen LogP contribution in [0.5, 0.6) is 11.5 Å². The largest absolute Gasteiger partial charge is 0.489 e. The molecule has 0 aromatic heterocycles. The molecule has 33 heavy (non-hydrogen) atoms. The number of amides is 1. The molecule has 0 radical (unpaired) electrons. The van der Waals surface area contributed by atoms with Crippen LogP contribution in [0.4, 0.5) is 0 Å². The van der Waals surface area contributed by atoms with Crippen molar-refractivity contribution in [3.63, 3.8) is 0 Å². The molecule has 3 atom stereocenters. The maximum atomic E-state index is 13.3. The summed E-state index contributed by atoms with van der Waals surface area (Å²) < 4.78 is 12.1. The maximum Gasteiger partial charge on any atom is 0.257 e. The number of hydrogen-bond acceptors (Lipinski definition) is 6. The summed E-state index contributed by atoms with van der Waals surface area (Å²) >= 11 is 0. The number of ether oxygens (including phenoxy) is 2. The second-order valence-corrected chi connectivity index (χ2v) is 9.44. The zero-order chi connectivity index (χ0) is 22.8. The number of hydrogen-bond donors (Lipinski definition) is 2. The molecule has 3 aliphatic heterocycles. The minimum atomic E-state index is -0.620. The summed E-state index contributed by atoms with van der Waals surface area (Å²) in [6.45, 7) is 6.78. The molecule has 2 aromatic carbocycles. The zero-order valence-corrected chi connectivity index (χ0v) is 19.2. The van der Waals surface area contributed by atoms with E-state index in [1.54, 1.807) is 11.0 Å². The lowest BCUT2D eigenvalue weighted by molar-refractivity contribution is 0.0454. The fourth-order valence-corrected chi connectivity index (χ4v) is 5.07. The van der Waals surface area contributed by atoms with Crippen molar-refractivity contribution in [2.45, 2.75) is 44.6 Å². The van der Waals surface area contributed by atoms with E-state index in [0.717, 1.165) is 44.8 Å². The van der Waals surface area contributed by atoms with Gasteiger partial charge in [-0.15, -0.1) is 0 Å². The maximum absolute atomic E-state index is 13.3. The van der Waals surface area contributed by atoms with Crippen molar-refractivity contribution in [2.75, 3.05) is 39.3 Å². The molecule has 7 heteroatoms. The molecule has 0 spiro atoms. The van der Waals surface area contributed by atoms with Gasteiger partial charge in [-0.2, -0.15) is 0 Å². The summed E-state index contributed by atoms with van der Waals surface area (Å²) in [4.78, 5) is 17.3. The van der Waals surface area contributed by atoms with Gasteiger partial charge in [0.15, 0.2) is 0 Å². The van der Waals surface area contributed by atoms with Gasteiger partial charge in [-0.25, -0.2) is 0 Å². The van der Waals surface area contributed by atoms with Gasteiger partial charge in [0.1, 0.15) is 23.7 Å². The lowest BCUT2D eigenvalue weighted by Gasteiger charge is -2.32. The van der Waals surface area contributed by atoms with Crippen LogP contribution in [-0.4, -0.2) is 78.4 Å². The standard InChI is InChI=1S/C26H33N3O4/c1-18-14-29(17-21(30)16-28-11-9-19-4-2-3-5-20(19)15-28)26(31)24-7-6-22(12-25(24)32-18)33-23-8-10-27-13-23/h2-7,12,18,21,23,27,30H,8-11,13-17H2,1H3/t18-,21-,23+/m1/s1. The van der Waals surface area contributed by atoms with Crippen LogP contribution in [0.25, 0.3) is 0 Å². The van der Waals surface area contributed by atoms with Gasteiger partial charge < -0.3 is 24.8 Å². The first-order valence-corrected chi connectivity index (χ1v) is 12.0. The van der Waals surface area contributed by atoms with Gasteiger partial charge in [-0.1, -0.05) is 24.3 Å². The van der Waals surface area contributed by atoms with Crippen LogP contribution in [0.1, 0.15) is 34.8 Å². The molecule has 5 rings (SSSR count). The van der Waals surface area contributed by atoms with Crippen LogP contribution >= 0.6 is 0 Å². The van der Waals surface area contributed by atoms with Gasteiger partial charge in [0.2, 0.25) is 0 Å². The summed E-state index contributed by atoms with van der Waals surface area (Å²) in [7, 11) is 0. The smallest absolute Gasteiger partial charge is 0.257 e. The molecular formula is C26H33N3O4. The number of rotatable bonds is 6. The Hall–Kier alpha value is -2.61. The third-order valence-electron chi connectivity index (χ3n) is 6.70. The summed E-state index contributed by atoms with van der Waals surface area (Å²) in [5, 5.41) is 14.1. The number of aliphatic hydroxyl groups excluding tert-OH is 1. The highest BCUT2D eigenvalue weighted by atomic mass is 16.5. The van der Waals surface area contributed by atoms with E-state index < -0.39 is 6.10 Å². The molecular weight excluding hydrogens is 418 g/mol. The third kappa shape index (κ3) is 5.16. The van der Waals surface area contributed by atoms with Gasteiger partial charge in [0.05, 0.1) is 18.2 Å². The molecule has 1 fully saturated rings. The first kappa shape index (κ1) is 22.2. The molecule has 3 aliphatic rings. The molecule has 7 nitrogen and oxygen atoms in total. The summed E-state index contributed by atoms with van der Waals surface area (Å²) in [6, 6.07) is 13.9. The van der Waals surface area contributed by atoms with Gasteiger partial charge in [0.25, 0.3) is 5.91 Å². The topological polar surface area (TPSA) is 74.3 Å². The van der Waals surface area contributed by atoms with Crippen molar-refractivity contribution in [3.05, 3.63) is 59.2 Å². The van der Waals surface area contributed by atoms with E-state index in [0.29, 0.717) is 24.4 Å². The predicted molar refractivity (Wildman–Crippen MR) is 126 cm³/mol. The number of fused-ring (bicyclic) bond motifs is 2. The number of nitrogens with zero attached hydrogens (tertiary/aromatic N) is 2.